The zero-order chi connectivity index (χ0) is 26.9. The molecule has 0 radical (unpaired) electrons. The van der Waals surface area contributed by atoms with Gasteiger partial charge in [0.2, 0.25) is 0 Å². The SMILES string of the molecule is C=C/C(=C\N=CC)c1nc(CC/C(C(=N)c2ccccc2)=C(\C)CC)c2c(-c3ccccc3)cccc2n1. The Hall–Kier alpha value is -4.44. The average molecular weight is 499 g/mol. The molecule has 4 nitrogen and oxygen atoms in total. The van der Waals surface area contributed by atoms with Gasteiger partial charge in [-0.3, -0.25) is 10.4 Å². The summed E-state index contributed by atoms with van der Waals surface area (Å²) in [7, 11) is 0. The maximum absolute atomic E-state index is 9.01. The van der Waals surface area contributed by atoms with Crippen molar-refractivity contribution in [2.45, 2.75) is 40.0 Å². The quantitative estimate of drug-likeness (QED) is 0.176. The van der Waals surface area contributed by atoms with Crippen molar-refractivity contribution in [3.63, 3.8) is 0 Å². The number of fused-ring (bicyclic) bond motifs is 1. The van der Waals surface area contributed by atoms with Gasteiger partial charge in [-0.15, -0.1) is 0 Å². The lowest BCUT2D eigenvalue weighted by atomic mass is 9.91. The Kier molecular flexibility index (Phi) is 8.89. The fourth-order valence-corrected chi connectivity index (χ4v) is 4.57. The Morgan fingerprint density at radius 1 is 0.947 bits per heavy atom. The minimum Gasteiger partial charge on any atom is -0.300 e. The van der Waals surface area contributed by atoms with Crippen LogP contribution in [0.4, 0.5) is 0 Å². The molecular weight excluding hydrogens is 464 g/mol. The standard InChI is InChI=1S/C34H34N4/c1-5-24(4)28(33(35)27-17-12-9-13-18-27)21-22-31-32-29(26-15-10-8-11-16-26)19-14-20-30(32)37-34(38-31)25(6-2)23-36-7-3/h6-20,23,35H,2,5,21-22H2,1,3-4H3/b25-23+,28-24-,35-33?,36-7?. The van der Waals surface area contributed by atoms with Crippen molar-refractivity contribution in [3.05, 3.63) is 126 Å². The van der Waals surface area contributed by atoms with Gasteiger partial charge >= 0.3 is 0 Å². The van der Waals surface area contributed by atoms with Crippen molar-refractivity contribution < 1.29 is 0 Å². The van der Waals surface area contributed by atoms with E-state index in [4.69, 9.17) is 15.4 Å². The smallest absolute Gasteiger partial charge is 0.161 e. The first-order valence-corrected chi connectivity index (χ1v) is 13.1. The predicted molar refractivity (Wildman–Crippen MR) is 162 cm³/mol. The summed E-state index contributed by atoms with van der Waals surface area (Å²) in [5.41, 5.74) is 8.66. The molecule has 3 aromatic carbocycles. The summed E-state index contributed by atoms with van der Waals surface area (Å²) < 4.78 is 0. The van der Waals surface area contributed by atoms with E-state index < -0.39 is 0 Å². The van der Waals surface area contributed by atoms with Crippen LogP contribution >= 0.6 is 0 Å². The third kappa shape index (κ3) is 5.92. The van der Waals surface area contributed by atoms with Gasteiger partial charge in [0.25, 0.3) is 0 Å². The van der Waals surface area contributed by atoms with Gasteiger partial charge in [-0.05, 0) is 61.4 Å². The molecule has 0 aliphatic heterocycles. The summed E-state index contributed by atoms with van der Waals surface area (Å²) in [6.45, 7) is 10.1. The van der Waals surface area contributed by atoms with Crippen molar-refractivity contribution in [2.24, 2.45) is 4.99 Å². The number of allylic oxidation sites excluding steroid dienone is 4. The number of aliphatic imine (C=N–C) groups is 1. The van der Waals surface area contributed by atoms with E-state index in [9.17, 15) is 0 Å². The third-order valence-electron chi connectivity index (χ3n) is 6.75. The molecule has 1 aromatic heterocycles. The van der Waals surface area contributed by atoms with Gasteiger partial charge in [0.05, 0.1) is 16.9 Å². The lowest BCUT2D eigenvalue weighted by molar-refractivity contribution is 0.899. The Labute approximate surface area is 225 Å². The van der Waals surface area contributed by atoms with Gasteiger partial charge in [-0.25, -0.2) is 9.97 Å². The van der Waals surface area contributed by atoms with Crippen LogP contribution in [0.25, 0.3) is 27.6 Å². The Balaban J connectivity index is 1.86. The molecule has 0 amide bonds. The summed E-state index contributed by atoms with van der Waals surface area (Å²) in [6, 6.07) is 26.6. The highest BCUT2D eigenvalue weighted by Crippen LogP contribution is 2.32. The number of aromatic nitrogens is 2. The van der Waals surface area contributed by atoms with Crippen LogP contribution in [0.1, 0.15) is 50.7 Å². The molecule has 0 unspecified atom stereocenters. The van der Waals surface area contributed by atoms with Crippen LogP contribution in [-0.4, -0.2) is 21.9 Å². The highest BCUT2D eigenvalue weighted by molar-refractivity contribution is 6.11. The molecule has 1 N–H and O–H groups in total. The Bertz CT molecular complexity index is 1530. The van der Waals surface area contributed by atoms with Crippen LogP contribution in [0.2, 0.25) is 0 Å². The average Bonchev–Trinajstić information content (AvgIpc) is 2.97. The molecule has 4 rings (SSSR count). The van der Waals surface area contributed by atoms with Crippen LogP contribution in [0, 0.1) is 5.41 Å². The van der Waals surface area contributed by atoms with Gasteiger partial charge in [-0.2, -0.15) is 0 Å². The van der Waals surface area contributed by atoms with E-state index in [-0.39, 0.29) is 0 Å². The maximum Gasteiger partial charge on any atom is 0.161 e. The number of hydrogen-bond donors (Lipinski definition) is 1. The molecule has 0 atom stereocenters. The molecule has 0 aliphatic rings. The van der Waals surface area contributed by atoms with E-state index in [1.807, 2.05) is 55.5 Å². The predicted octanol–water partition coefficient (Wildman–Crippen LogP) is 8.64. The number of nitrogens with one attached hydrogen (secondary N) is 1. The normalized spacial score (nSPS) is 12.6. The summed E-state index contributed by atoms with van der Waals surface area (Å²) >= 11 is 0. The molecule has 0 aliphatic carbocycles. The van der Waals surface area contributed by atoms with E-state index in [1.54, 1.807) is 18.5 Å². The van der Waals surface area contributed by atoms with E-state index in [0.717, 1.165) is 50.9 Å². The topological polar surface area (TPSA) is 62.0 Å². The summed E-state index contributed by atoms with van der Waals surface area (Å²) in [5.74, 6) is 0.606. The van der Waals surface area contributed by atoms with Gasteiger partial charge in [0.1, 0.15) is 0 Å². The molecule has 4 heteroatoms. The molecule has 4 aromatic rings. The second-order valence-corrected chi connectivity index (χ2v) is 9.11. The van der Waals surface area contributed by atoms with Crippen molar-refractivity contribution in [3.8, 4) is 11.1 Å². The fraction of sp³-hybridized carbons (Fsp3) is 0.176. The minimum atomic E-state index is 0.579. The molecule has 38 heavy (non-hydrogen) atoms. The second kappa shape index (κ2) is 12.7. The number of hydrogen-bond acceptors (Lipinski definition) is 4. The number of rotatable bonds is 10. The molecule has 0 bridgehead atoms. The van der Waals surface area contributed by atoms with Crippen molar-refractivity contribution in [1.82, 2.24) is 9.97 Å². The third-order valence-corrected chi connectivity index (χ3v) is 6.75. The maximum atomic E-state index is 9.01. The number of benzene rings is 3. The minimum absolute atomic E-state index is 0.579. The number of nitrogens with zero attached hydrogens (tertiary/aromatic N) is 3. The molecule has 0 saturated heterocycles. The summed E-state index contributed by atoms with van der Waals surface area (Å²) in [4.78, 5) is 14.3. The first-order valence-electron chi connectivity index (χ1n) is 13.1. The van der Waals surface area contributed by atoms with Gasteiger partial charge in [0, 0.05) is 23.4 Å². The summed E-state index contributed by atoms with van der Waals surface area (Å²) in [5, 5.41) is 10.1. The van der Waals surface area contributed by atoms with Gasteiger partial charge in [0.15, 0.2) is 5.82 Å². The van der Waals surface area contributed by atoms with Crippen molar-refractivity contribution >= 4 is 28.4 Å². The van der Waals surface area contributed by atoms with Crippen LogP contribution in [0.15, 0.2) is 114 Å². The van der Waals surface area contributed by atoms with Gasteiger partial charge < -0.3 is 0 Å². The van der Waals surface area contributed by atoms with Crippen LogP contribution in [-0.2, 0) is 6.42 Å². The lowest BCUT2D eigenvalue weighted by Crippen LogP contribution is -2.09. The molecule has 1 heterocycles. The van der Waals surface area contributed by atoms with Crippen molar-refractivity contribution in [1.29, 1.82) is 5.41 Å². The molecule has 0 saturated carbocycles. The molecular formula is C34H34N4. The van der Waals surface area contributed by atoms with Crippen molar-refractivity contribution in [2.75, 3.05) is 0 Å². The van der Waals surface area contributed by atoms with E-state index in [1.165, 1.54) is 5.57 Å². The second-order valence-electron chi connectivity index (χ2n) is 9.11. The van der Waals surface area contributed by atoms with Crippen LogP contribution in [0.5, 0.6) is 0 Å². The van der Waals surface area contributed by atoms with Crippen LogP contribution in [0.3, 0.4) is 0 Å². The summed E-state index contributed by atoms with van der Waals surface area (Å²) in [6.07, 6.45) is 7.52. The largest absolute Gasteiger partial charge is 0.300 e. The first kappa shape index (κ1) is 26.6. The zero-order valence-electron chi connectivity index (χ0n) is 22.4. The van der Waals surface area contributed by atoms with Gasteiger partial charge in [-0.1, -0.05) is 97.9 Å². The monoisotopic (exact) mass is 498 g/mol. The fourth-order valence-electron chi connectivity index (χ4n) is 4.57. The Morgan fingerprint density at radius 3 is 2.32 bits per heavy atom. The lowest BCUT2D eigenvalue weighted by Gasteiger charge is -2.16. The van der Waals surface area contributed by atoms with E-state index in [0.29, 0.717) is 24.4 Å². The number of aryl methyl sites for hydroxylation is 1. The molecule has 0 fully saturated rings. The van der Waals surface area contributed by atoms with Crippen LogP contribution < -0.4 is 0 Å². The zero-order valence-corrected chi connectivity index (χ0v) is 22.4. The highest BCUT2D eigenvalue weighted by Gasteiger charge is 2.17. The van der Waals surface area contributed by atoms with E-state index >= 15 is 0 Å². The first-order chi connectivity index (χ1) is 18.6. The Morgan fingerprint density at radius 2 is 1.66 bits per heavy atom. The molecule has 0 spiro atoms. The highest BCUT2D eigenvalue weighted by atomic mass is 14.9. The molecule has 190 valence electrons. The van der Waals surface area contributed by atoms with E-state index in [2.05, 4.69) is 55.8 Å².